The van der Waals surface area contributed by atoms with Crippen molar-refractivity contribution in [2.75, 3.05) is 7.05 Å². The number of H-pyrrole nitrogens is 1. The average molecular weight is 432 g/mol. The summed E-state index contributed by atoms with van der Waals surface area (Å²) < 4.78 is 2.78. The molecule has 0 aliphatic carbocycles. The van der Waals surface area contributed by atoms with Crippen LogP contribution in [-0.4, -0.2) is 27.4 Å². The Kier molecular flexibility index (Phi) is 5.68. The van der Waals surface area contributed by atoms with Crippen molar-refractivity contribution in [3.63, 3.8) is 0 Å². The highest BCUT2D eigenvalue weighted by Gasteiger charge is 2.12. The highest BCUT2D eigenvalue weighted by atomic mass is 79.9. The quantitative estimate of drug-likeness (QED) is 0.623. The van der Waals surface area contributed by atoms with E-state index in [1.54, 1.807) is 18.0 Å². The number of hydrogen-bond donors (Lipinski definition) is 1. The molecule has 134 valence electrons. The molecule has 0 radical (unpaired) electrons. The van der Waals surface area contributed by atoms with E-state index in [1.807, 2.05) is 42.5 Å². The third kappa shape index (κ3) is 4.11. The van der Waals surface area contributed by atoms with Crippen LogP contribution in [0.15, 0.2) is 57.8 Å². The van der Waals surface area contributed by atoms with Crippen LogP contribution in [0.4, 0.5) is 0 Å². The van der Waals surface area contributed by atoms with E-state index in [1.165, 1.54) is 4.57 Å². The van der Waals surface area contributed by atoms with Gasteiger partial charge in [-0.2, -0.15) is 0 Å². The second-order valence-electron chi connectivity index (χ2n) is 6.06. The summed E-state index contributed by atoms with van der Waals surface area (Å²) in [5, 5.41) is 0.566. The molecule has 7 heteroatoms. The predicted molar refractivity (Wildman–Crippen MR) is 109 cm³/mol. The Labute approximate surface area is 164 Å². The zero-order valence-corrected chi connectivity index (χ0v) is 16.6. The van der Waals surface area contributed by atoms with Gasteiger partial charge >= 0.3 is 0 Å². The maximum absolute atomic E-state index is 12.6. The van der Waals surface area contributed by atoms with Crippen LogP contribution in [0.1, 0.15) is 12.0 Å². The summed E-state index contributed by atoms with van der Waals surface area (Å²) in [5.74, 6) is -0.0395. The Morgan fingerprint density at radius 3 is 2.62 bits per heavy atom. The lowest BCUT2D eigenvalue weighted by molar-refractivity contribution is -0.130. The van der Waals surface area contributed by atoms with E-state index >= 15 is 0 Å². The molecule has 1 N–H and O–H groups in total. The van der Waals surface area contributed by atoms with Gasteiger partial charge in [0.15, 0.2) is 4.77 Å². The molecule has 0 aliphatic rings. The SMILES string of the molecule is CN(Cc1ccc(Br)cc1)C(=O)CCn1c(=S)[nH]c2ccccc2c1=O. The van der Waals surface area contributed by atoms with Gasteiger partial charge in [-0.3, -0.25) is 14.2 Å². The fourth-order valence-electron chi connectivity index (χ4n) is 2.75. The summed E-state index contributed by atoms with van der Waals surface area (Å²) in [6.07, 6.45) is 0.211. The highest BCUT2D eigenvalue weighted by molar-refractivity contribution is 9.10. The third-order valence-electron chi connectivity index (χ3n) is 4.20. The van der Waals surface area contributed by atoms with E-state index in [0.717, 1.165) is 10.0 Å². The number of carbonyl (C=O) groups excluding carboxylic acids is 1. The number of aromatic amines is 1. The molecule has 3 aromatic rings. The number of carbonyl (C=O) groups is 1. The van der Waals surface area contributed by atoms with E-state index in [4.69, 9.17) is 12.2 Å². The Balaban J connectivity index is 1.71. The first-order chi connectivity index (χ1) is 12.5. The maximum atomic E-state index is 12.6. The molecular weight excluding hydrogens is 414 g/mol. The number of rotatable bonds is 5. The Morgan fingerprint density at radius 1 is 1.19 bits per heavy atom. The third-order valence-corrected chi connectivity index (χ3v) is 5.05. The van der Waals surface area contributed by atoms with Gasteiger partial charge in [0.1, 0.15) is 0 Å². The van der Waals surface area contributed by atoms with Crippen molar-refractivity contribution < 1.29 is 4.79 Å². The zero-order valence-electron chi connectivity index (χ0n) is 14.2. The molecule has 2 aromatic carbocycles. The number of fused-ring (bicyclic) bond motifs is 1. The van der Waals surface area contributed by atoms with Crippen LogP contribution in [0.25, 0.3) is 10.9 Å². The molecule has 1 heterocycles. The maximum Gasteiger partial charge on any atom is 0.262 e. The Morgan fingerprint density at radius 2 is 1.88 bits per heavy atom. The molecule has 0 bridgehead atoms. The van der Waals surface area contributed by atoms with E-state index < -0.39 is 0 Å². The molecule has 0 fully saturated rings. The van der Waals surface area contributed by atoms with E-state index in [-0.39, 0.29) is 24.4 Å². The summed E-state index contributed by atoms with van der Waals surface area (Å²) in [5.41, 5.74) is 1.58. The molecule has 0 atom stereocenters. The predicted octanol–water partition coefficient (Wildman–Crippen LogP) is 3.87. The van der Waals surface area contributed by atoms with Crippen LogP contribution in [0.3, 0.4) is 0 Å². The van der Waals surface area contributed by atoms with Gasteiger partial charge in [0.05, 0.1) is 10.9 Å². The summed E-state index contributed by atoms with van der Waals surface area (Å²) in [6, 6.07) is 15.0. The van der Waals surface area contributed by atoms with Gasteiger partial charge in [0.25, 0.3) is 5.56 Å². The fourth-order valence-corrected chi connectivity index (χ4v) is 3.30. The molecule has 1 aromatic heterocycles. The Hall–Kier alpha value is -2.25. The second-order valence-corrected chi connectivity index (χ2v) is 7.36. The molecule has 0 saturated carbocycles. The fraction of sp³-hybridized carbons (Fsp3) is 0.211. The normalized spacial score (nSPS) is 10.8. The monoisotopic (exact) mass is 431 g/mol. The number of amides is 1. The minimum atomic E-state index is -0.173. The lowest BCUT2D eigenvalue weighted by Crippen LogP contribution is -2.29. The van der Waals surface area contributed by atoms with Crippen molar-refractivity contribution >= 4 is 45.0 Å². The molecule has 5 nitrogen and oxygen atoms in total. The molecule has 0 saturated heterocycles. The zero-order chi connectivity index (χ0) is 18.7. The van der Waals surface area contributed by atoms with Gasteiger partial charge < -0.3 is 9.88 Å². The van der Waals surface area contributed by atoms with Crippen LogP contribution >= 0.6 is 28.1 Å². The van der Waals surface area contributed by atoms with Gasteiger partial charge in [0.2, 0.25) is 5.91 Å². The lowest BCUT2D eigenvalue weighted by atomic mass is 10.2. The van der Waals surface area contributed by atoms with Gasteiger partial charge in [-0.15, -0.1) is 0 Å². The number of nitrogens with zero attached hydrogens (tertiary/aromatic N) is 2. The molecule has 1 amide bonds. The summed E-state index contributed by atoms with van der Waals surface area (Å²) >= 11 is 8.68. The second kappa shape index (κ2) is 7.97. The largest absolute Gasteiger partial charge is 0.341 e. The topological polar surface area (TPSA) is 58.1 Å². The van der Waals surface area contributed by atoms with Crippen LogP contribution in [0.5, 0.6) is 0 Å². The van der Waals surface area contributed by atoms with Gasteiger partial charge in [-0.1, -0.05) is 40.2 Å². The first-order valence-corrected chi connectivity index (χ1v) is 9.36. The first-order valence-electron chi connectivity index (χ1n) is 8.16. The standard InChI is InChI=1S/C19H18BrN3O2S/c1-22(12-13-6-8-14(20)9-7-13)17(24)10-11-23-18(25)15-4-2-3-5-16(15)21-19(23)26/h2-9H,10-12H2,1H3,(H,21,26). The Bertz CT molecular complexity index is 1060. The molecule has 0 unspecified atom stereocenters. The van der Waals surface area contributed by atoms with Gasteiger partial charge in [0, 0.05) is 31.0 Å². The van der Waals surface area contributed by atoms with Crippen LogP contribution in [0.2, 0.25) is 0 Å². The van der Waals surface area contributed by atoms with E-state index in [9.17, 15) is 9.59 Å². The van der Waals surface area contributed by atoms with Gasteiger partial charge in [-0.25, -0.2) is 0 Å². The van der Waals surface area contributed by atoms with Crippen LogP contribution < -0.4 is 5.56 Å². The smallest absolute Gasteiger partial charge is 0.262 e. The average Bonchev–Trinajstić information content (AvgIpc) is 2.63. The molecule has 26 heavy (non-hydrogen) atoms. The minimum Gasteiger partial charge on any atom is -0.341 e. The summed E-state index contributed by atoms with van der Waals surface area (Å²) in [4.78, 5) is 29.7. The van der Waals surface area contributed by atoms with Crippen molar-refractivity contribution in [1.82, 2.24) is 14.5 Å². The number of halogens is 1. The first kappa shape index (κ1) is 18.5. The number of benzene rings is 2. The number of para-hydroxylation sites is 1. The van der Waals surface area contributed by atoms with E-state index in [0.29, 0.717) is 22.2 Å². The molecule has 3 rings (SSSR count). The van der Waals surface area contributed by atoms with Crippen LogP contribution in [-0.2, 0) is 17.9 Å². The number of hydrogen-bond acceptors (Lipinski definition) is 3. The number of aromatic nitrogens is 2. The lowest BCUT2D eigenvalue weighted by Gasteiger charge is -2.18. The molecule has 0 aliphatic heterocycles. The van der Waals surface area contributed by atoms with E-state index in [2.05, 4.69) is 20.9 Å². The summed E-state index contributed by atoms with van der Waals surface area (Å²) in [6.45, 7) is 0.772. The van der Waals surface area contributed by atoms with Crippen molar-refractivity contribution in [3.8, 4) is 0 Å². The van der Waals surface area contributed by atoms with Crippen molar-refractivity contribution in [3.05, 3.63) is 73.7 Å². The number of nitrogens with one attached hydrogen (secondary N) is 1. The summed E-state index contributed by atoms with van der Waals surface area (Å²) in [7, 11) is 1.76. The highest BCUT2D eigenvalue weighted by Crippen LogP contribution is 2.12. The van der Waals surface area contributed by atoms with Crippen molar-refractivity contribution in [2.24, 2.45) is 0 Å². The molecule has 0 spiro atoms. The van der Waals surface area contributed by atoms with Crippen LogP contribution in [0, 0.1) is 4.77 Å². The van der Waals surface area contributed by atoms with Gasteiger partial charge in [-0.05, 0) is 42.0 Å². The van der Waals surface area contributed by atoms with Crippen molar-refractivity contribution in [1.29, 1.82) is 0 Å². The molecular formula is C19H18BrN3O2S. The van der Waals surface area contributed by atoms with Crippen molar-refractivity contribution in [2.45, 2.75) is 19.5 Å². The minimum absolute atomic E-state index is 0.0395.